The van der Waals surface area contributed by atoms with Crippen LogP contribution in [0.4, 0.5) is 20.0 Å². The summed E-state index contributed by atoms with van der Waals surface area (Å²) in [5.74, 6) is -0.554. The molecule has 1 saturated heterocycles. The monoisotopic (exact) mass is 384 g/mol. The Morgan fingerprint density at radius 3 is 2.89 bits per heavy atom. The number of carbonyl (C=O) groups excluding carboxylic acids is 2. The number of nitrogens with zero attached hydrogens (tertiary/aromatic N) is 2. The average molecular weight is 384 g/mol. The maximum atomic E-state index is 13.4. The Bertz CT molecular complexity index is 1040. The Balaban J connectivity index is 1.41. The van der Waals surface area contributed by atoms with Gasteiger partial charge >= 0.3 is 6.03 Å². The average Bonchev–Trinajstić information content (AvgIpc) is 3.18. The second kappa shape index (κ2) is 6.96. The predicted octanol–water partition coefficient (Wildman–Crippen LogP) is 3.67. The van der Waals surface area contributed by atoms with Crippen LogP contribution in [0.2, 0.25) is 0 Å². The van der Waals surface area contributed by atoms with Crippen LogP contribution in [-0.4, -0.2) is 29.5 Å². The molecule has 2 aromatic carbocycles. The third-order valence-electron chi connectivity index (χ3n) is 4.42. The third kappa shape index (κ3) is 3.61. The summed E-state index contributed by atoms with van der Waals surface area (Å²) in [6.07, 6.45) is 0.170. The van der Waals surface area contributed by atoms with Crippen molar-refractivity contribution < 1.29 is 14.0 Å². The summed E-state index contributed by atoms with van der Waals surface area (Å²) >= 11 is 1.40. The fraction of sp³-hybridized carbons (Fsp3) is 0.211. The minimum atomic E-state index is -0.411. The molecule has 6 nitrogen and oxygen atoms in total. The van der Waals surface area contributed by atoms with Crippen molar-refractivity contribution in [1.82, 2.24) is 10.3 Å². The van der Waals surface area contributed by atoms with E-state index in [1.807, 2.05) is 25.1 Å². The summed E-state index contributed by atoms with van der Waals surface area (Å²) in [5.41, 5.74) is 2.40. The number of benzene rings is 2. The van der Waals surface area contributed by atoms with Crippen LogP contribution in [0.1, 0.15) is 12.0 Å². The molecule has 3 aromatic rings. The van der Waals surface area contributed by atoms with Crippen LogP contribution in [0.5, 0.6) is 0 Å². The number of fused-ring (bicyclic) bond motifs is 1. The maximum absolute atomic E-state index is 13.4. The fourth-order valence-electron chi connectivity index (χ4n) is 3.16. The van der Waals surface area contributed by atoms with Crippen molar-refractivity contribution in [3.63, 3.8) is 0 Å². The second-order valence-electron chi connectivity index (χ2n) is 6.42. The molecule has 1 atom stereocenters. The topological polar surface area (TPSA) is 74.3 Å². The predicted molar refractivity (Wildman–Crippen MR) is 104 cm³/mol. The molecule has 8 heteroatoms. The first-order valence-electron chi connectivity index (χ1n) is 8.49. The fourth-order valence-corrected chi connectivity index (χ4v) is 4.09. The quantitative estimate of drug-likeness (QED) is 0.724. The van der Waals surface area contributed by atoms with Crippen molar-refractivity contribution in [2.45, 2.75) is 19.4 Å². The van der Waals surface area contributed by atoms with Gasteiger partial charge in [-0.15, -0.1) is 0 Å². The van der Waals surface area contributed by atoms with Gasteiger partial charge in [0.2, 0.25) is 5.91 Å². The number of nitrogens with one attached hydrogen (secondary N) is 2. The van der Waals surface area contributed by atoms with Crippen molar-refractivity contribution >= 4 is 44.3 Å². The number of amides is 3. The zero-order valence-corrected chi connectivity index (χ0v) is 15.3. The lowest BCUT2D eigenvalue weighted by Gasteiger charge is -2.17. The first-order chi connectivity index (χ1) is 13.0. The number of urea groups is 1. The van der Waals surface area contributed by atoms with E-state index >= 15 is 0 Å². The van der Waals surface area contributed by atoms with Crippen LogP contribution < -0.4 is 15.5 Å². The van der Waals surface area contributed by atoms with Crippen molar-refractivity contribution in [1.29, 1.82) is 0 Å². The molecule has 2 N–H and O–H groups in total. The van der Waals surface area contributed by atoms with Gasteiger partial charge in [0, 0.05) is 18.7 Å². The van der Waals surface area contributed by atoms with Gasteiger partial charge in [0.1, 0.15) is 5.82 Å². The number of halogens is 1. The zero-order chi connectivity index (χ0) is 19.0. The van der Waals surface area contributed by atoms with Crippen LogP contribution in [0.3, 0.4) is 0 Å². The highest BCUT2D eigenvalue weighted by molar-refractivity contribution is 7.22. The van der Waals surface area contributed by atoms with Crippen molar-refractivity contribution in [3.8, 4) is 0 Å². The molecule has 1 aliphatic heterocycles. The van der Waals surface area contributed by atoms with Gasteiger partial charge in [0.15, 0.2) is 5.13 Å². The Morgan fingerprint density at radius 1 is 1.30 bits per heavy atom. The van der Waals surface area contributed by atoms with E-state index in [9.17, 15) is 14.0 Å². The molecule has 1 fully saturated rings. The molecule has 4 rings (SSSR count). The molecule has 138 valence electrons. The summed E-state index contributed by atoms with van der Waals surface area (Å²) in [5, 5.41) is 6.03. The summed E-state index contributed by atoms with van der Waals surface area (Å²) in [4.78, 5) is 30.4. The van der Waals surface area contributed by atoms with E-state index in [-0.39, 0.29) is 18.4 Å². The van der Waals surface area contributed by atoms with E-state index in [2.05, 4.69) is 15.6 Å². The third-order valence-corrected chi connectivity index (χ3v) is 5.36. The largest absolute Gasteiger partial charge is 0.333 e. The summed E-state index contributed by atoms with van der Waals surface area (Å²) in [6.45, 7) is 2.27. The number of hydrogen-bond donors (Lipinski definition) is 2. The molecule has 27 heavy (non-hydrogen) atoms. The van der Waals surface area contributed by atoms with Gasteiger partial charge in [-0.05, 0) is 36.8 Å². The van der Waals surface area contributed by atoms with Gasteiger partial charge in [-0.3, -0.25) is 10.1 Å². The number of para-hydroxylation sites is 1. The van der Waals surface area contributed by atoms with Crippen molar-refractivity contribution in [2.75, 3.05) is 16.8 Å². The standard InChI is InChI=1S/C19H17FN4O2S/c1-11-4-2-7-15-17(11)22-19(27-15)23-18(26)21-13-9-16(25)24(10-13)14-6-3-5-12(20)8-14/h2-8,13H,9-10H2,1H3,(H2,21,22,23,26). The number of carbonyl (C=O) groups is 2. The van der Waals surface area contributed by atoms with E-state index in [0.29, 0.717) is 17.4 Å². The summed E-state index contributed by atoms with van der Waals surface area (Å²) < 4.78 is 14.4. The van der Waals surface area contributed by atoms with E-state index in [0.717, 1.165) is 15.8 Å². The van der Waals surface area contributed by atoms with E-state index in [4.69, 9.17) is 0 Å². The molecule has 0 radical (unpaired) electrons. The van der Waals surface area contributed by atoms with Gasteiger partial charge in [-0.25, -0.2) is 14.2 Å². The van der Waals surface area contributed by atoms with E-state index in [1.54, 1.807) is 12.1 Å². The van der Waals surface area contributed by atoms with Crippen LogP contribution in [0.15, 0.2) is 42.5 Å². The number of thiazole rings is 1. The van der Waals surface area contributed by atoms with Crippen molar-refractivity contribution in [3.05, 3.63) is 53.8 Å². The molecule has 0 bridgehead atoms. The minimum absolute atomic E-state index is 0.151. The van der Waals surface area contributed by atoms with Gasteiger partial charge < -0.3 is 10.2 Å². The van der Waals surface area contributed by atoms with Gasteiger partial charge in [0.05, 0.1) is 16.3 Å². The van der Waals surface area contributed by atoms with Gasteiger partial charge in [-0.2, -0.15) is 0 Å². The Hall–Kier alpha value is -3.00. The highest BCUT2D eigenvalue weighted by Crippen LogP contribution is 2.28. The molecule has 1 aromatic heterocycles. The molecule has 1 aliphatic rings. The van der Waals surface area contributed by atoms with Gasteiger partial charge in [-0.1, -0.05) is 29.5 Å². The Morgan fingerprint density at radius 2 is 2.11 bits per heavy atom. The van der Waals surface area contributed by atoms with Crippen LogP contribution in [0, 0.1) is 12.7 Å². The van der Waals surface area contributed by atoms with Crippen LogP contribution in [0.25, 0.3) is 10.2 Å². The Labute approximate surface area is 159 Å². The SMILES string of the molecule is Cc1cccc2sc(NC(=O)NC3CC(=O)N(c4cccc(F)c4)C3)nc12. The number of aromatic nitrogens is 1. The lowest BCUT2D eigenvalue weighted by atomic mass is 10.2. The maximum Gasteiger partial charge on any atom is 0.321 e. The molecule has 0 aliphatic carbocycles. The molecule has 0 saturated carbocycles. The number of aryl methyl sites for hydroxylation is 1. The van der Waals surface area contributed by atoms with Crippen LogP contribution in [-0.2, 0) is 4.79 Å². The lowest BCUT2D eigenvalue weighted by molar-refractivity contribution is -0.117. The first kappa shape index (κ1) is 17.4. The second-order valence-corrected chi connectivity index (χ2v) is 7.46. The molecule has 1 unspecified atom stereocenters. The number of rotatable bonds is 3. The molecule has 2 heterocycles. The zero-order valence-electron chi connectivity index (χ0n) is 14.5. The minimum Gasteiger partial charge on any atom is -0.333 e. The molecule has 3 amide bonds. The highest BCUT2D eigenvalue weighted by Gasteiger charge is 2.31. The molecule has 0 spiro atoms. The van der Waals surface area contributed by atoms with E-state index < -0.39 is 11.8 Å². The smallest absolute Gasteiger partial charge is 0.321 e. The summed E-state index contributed by atoms with van der Waals surface area (Å²) in [6, 6.07) is 11.0. The van der Waals surface area contributed by atoms with Crippen LogP contribution >= 0.6 is 11.3 Å². The number of hydrogen-bond acceptors (Lipinski definition) is 4. The van der Waals surface area contributed by atoms with Gasteiger partial charge in [0.25, 0.3) is 0 Å². The summed E-state index contributed by atoms with van der Waals surface area (Å²) in [7, 11) is 0. The highest BCUT2D eigenvalue weighted by atomic mass is 32.1. The Kier molecular flexibility index (Phi) is 4.49. The first-order valence-corrected chi connectivity index (χ1v) is 9.31. The van der Waals surface area contributed by atoms with Crippen molar-refractivity contribution in [2.24, 2.45) is 0 Å². The molecular formula is C19H17FN4O2S. The normalized spacial score (nSPS) is 16.7. The lowest BCUT2D eigenvalue weighted by Crippen LogP contribution is -2.39. The van der Waals surface area contributed by atoms with E-state index in [1.165, 1.54) is 28.4 Å². The molecular weight excluding hydrogens is 367 g/mol. The number of anilines is 2.